The topological polar surface area (TPSA) is 64.4 Å². The van der Waals surface area contributed by atoms with Gasteiger partial charge < -0.3 is 14.5 Å². The maximum absolute atomic E-state index is 12.0. The lowest BCUT2D eigenvalue weighted by Crippen LogP contribution is -2.29. The molecule has 1 aromatic rings. The Kier molecular flexibility index (Phi) is 3.71. The minimum Gasteiger partial charge on any atom is -0.455 e. The van der Waals surface area contributed by atoms with Crippen molar-refractivity contribution in [2.45, 2.75) is 51.7 Å². The smallest absolute Gasteiger partial charge is 0.361 e. The van der Waals surface area contributed by atoms with Crippen molar-refractivity contribution in [1.82, 2.24) is 10.3 Å². The summed E-state index contributed by atoms with van der Waals surface area (Å²) in [6.45, 7) is 6.45. The molecule has 5 heteroatoms. The van der Waals surface area contributed by atoms with Gasteiger partial charge in [-0.2, -0.15) is 0 Å². The van der Waals surface area contributed by atoms with Gasteiger partial charge in [0.1, 0.15) is 5.60 Å². The predicted octanol–water partition coefficient (Wildman–Crippen LogP) is 2.44. The standard InChI is InChI=1S/C13H20N2O3/c1-13(2,3)18-12(16)10-11(17-8-15-10)9-6-4-5-7-14-9/h8-9,14H,4-7H2,1-3H3. The molecule has 1 unspecified atom stereocenters. The molecule has 2 rings (SSSR count). The number of esters is 1. The van der Waals surface area contributed by atoms with Gasteiger partial charge in [-0.3, -0.25) is 0 Å². The summed E-state index contributed by atoms with van der Waals surface area (Å²) in [6, 6.07) is 0.0729. The van der Waals surface area contributed by atoms with Crippen LogP contribution < -0.4 is 5.32 Å². The highest BCUT2D eigenvalue weighted by Crippen LogP contribution is 2.26. The summed E-state index contributed by atoms with van der Waals surface area (Å²) in [4.78, 5) is 16.0. The zero-order valence-electron chi connectivity index (χ0n) is 11.2. The number of nitrogens with zero attached hydrogens (tertiary/aromatic N) is 1. The molecule has 1 atom stereocenters. The summed E-state index contributed by atoms with van der Waals surface area (Å²) < 4.78 is 10.7. The fraction of sp³-hybridized carbons (Fsp3) is 0.692. The van der Waals surface area contributed by atoms with Gasteiger partial charge in [0.25, 0.3) is 0 Å². The van der Waals surface area contributed by atoms with Crippen molar-refractivity contribution < 1.29 is 13.9 Å². The molecule has 0 aliphatic carbocycles. The Morgan fingerprint density at radius 2 is 2.28 bits per heavy atom. The molecule has 1 N–H and O–H groups in total. The number of piperidine rings is 1. The van der Waals surface area contributed by atoms with E-state index in [4.69, 9.17) is 9.15 Å². The first-order valence-electron chi connectivity index (χ1n) is 6.37. The molecule has 0 saturated carbocycles. The van der Waals surface area contributed by atoms with Crippen LogP contribution in [-0.2, 0) is 4.74 Å². The first kappa shape index (κ1) is 13.1. The van der Waals surface area contributed by atoms with E-state index in [1.165, 1.54) is 6.39 Å². The van der Waals surface area contributed by atoms with Crippen molar-refractivity contribution in [2.75, 3.05) is 6.54 Å². The third kappa shape index (κ3) is 3.10. The molecule has 1 aliphatic rings. The number of hydrogen-bond acceptors (Lipinski definition) is 5. The van der Waals surface area contributed by atoms with E-state index >= 15 is 0 Å². The average molecular weight is 252 g/mol. The van der Waals surface area contributed by atoms with Gasteiger partial charge in [-0.15, -0.1) is 0 Å². The Bertz CT molecular complexity index is 414. The number of oxazole rings is 1. The van der Waals surface area contributed by atoms with E-state index in [1.807, 2.05) is 20.8 Å². The molecule has 1 aliphatic heterocycles. The van der Waals surface area contributed by atoms with E-state index in [9.17, 15) is 4.79 Å². The SMILES string of the molecule is CC(C)(C)OC(=O)c1ncoc1C1CCCCN1. The van der Waals surface area contributed by atoms with Crippen LogP contribution in [0.4, 0.5) is 0 Å². The number of aromatic nitrogens is 1. The minimum absolute atomic E-state index is 0.0729. The Morgan fingerprint density at radius 1 is 1.50 bits per heavy atom. The van der Waals surface area contributed by atoms with Gasteiger partial charge in [0.15, 0.2) is 17.8 Å². The second kappa shape index (κ2) is 5.10. The first-order chi connectivity index (χ1) is 8.47. The van der Waals surface area contributed by atoms with E-state index < -0.39 is 11.6 Å². The quantitative estimate of drug-likeness (QED) is 0.819. The molecule has 0 radical (unpaired) electrons. The van der Waals surface area contributed by atoms with Crippen LogP contribution in [-0.4, -0.2) is 23.1 Å². The number of carbonyl (C=O) groups excluding carboxylic acids is 1. The lowest BCUT2D eigenvalue weighted by atomic mass is 10.0. The zero-order valence-corrected chi connectivity index (χ0v) is 11.2. The average Bonchev–Trinajstić information content (AvgIpc) is 2.76. The molecule has 0 aromatic carbocycles. The lowest BCUT2D eigenvalue weighted by Gasteiger charge is -2.23. The van der Waals surface area contributed by atoms with Crippen LogP contribution in [0.3, 0.4) is 0 Å². The third-order valence-electron chi connectivity index (χ3n) is 2.81. The molecular formula is C13H20N2O3. The second-order valence-corrected chi connectivity index (χ2v) is 5.57. The summed E-state index contributed by atoms with van der Waals surface area (Å²) in [5.74, 6) is 0.183. The molecule has 2 heterocycles. The van der Waals surface area contributed by atoms with Gasteiger partial charge in [-0.05, 0) is 40.2 Å². The summed E-state index contributed by atoms with van der Waals surface area (Å²) in [6.07, 6.45) is 4.56. The minimum atomic E-state index is -0.521. The van der Waals surface area contributed by atoms with Crippen LogP contribution in [0.25, 0.3) is 0 Å². The molecular weight excluding hydrogens is 232 g/mol. The Morgan fingerprint density at radius 3 is 2.89 bits per heavy atom. The fourth-order valence-corrected chi connectivity index (χ4v) is 2.06. The summed E-state index contributed by atoms with van der Waals surface area (Å²) in [5, 5.41) is 3.34. The number of carbonyl (C=O) groups is 1. The maximum atomic E-state index is 12.0. The number of nitrogens with one attached hydrogen (secondary N) is 1. The van der Waals surface area contributed by atoms with Gasteiger partial charge in [-0.1, -0.05) is 6.42 Å². The van der Waals surface area contributed by atoms with Gasteiger partial charge in [0, 0.05) is 0 Å². The molecule has 1 fully saturated rings. The summed E-state index contributed by atoms with van der Waals surface area (Å²) in [5.41, 5.74) is -0.225. The van der Waals surface area contributed by atoms with Crippen LogP contribution in [0, 0.1) is 0 Å². The van der Waals surface area contributed by atoms with Crippen LogP contribution in [0.5, 0.6) is 0 Å². The van der Waals surface area contributed by atoms with Crippen molar-refractivity contribution >= 4 is 5.97 Å². The van der Waals surface area contributed by atoms with Crippen molar-refractivity contribution in [3.05, 3.63) is 17.8 Å². The molecule has 5 nitrogen and oxygen atoms in total. The third-order valence-corrected chi connectivity index (χ3v) is 2.81. The Balaban J connectivity index is 2.14. The highest BCUT2D eigenvalue weighted by atomic mass is 16.6. The molecule has 1 aromatic heterocycles. The highest BCUT2D eigenvalue weighted by Gasteiger charge is 2.28. The van der Waals surface area contributed by atoms with Crippen molar-refractivity contribution in [3.63, 3.8) is 0 Å². The monoisotopic (exact) mass is 252 g/mol. The molecule has 0 bridgehead atoms. The van der Waals surface area contributed by atoms with Gasteiger partial charge in [0.2, 0.25) is 0 Å². The van der Waals surface area contributed by atoms with Crippen LogP contribution in [0.1, 0.15) is 62.3 Å². The number of hydrogen-bond donors (Lipinski definition) is 1. The van der Waals surface area contributed by atoms with Crippen molar-refractivity contribution in [2.24, 2.45) is 0 Å². The highest BCUT2D eigenvalue weighted by molar-refractivity contribution is 5.88. The molecule has 0 spiro atoms. The van der Waals surface area contributed by atoms with Crippen LogP contribution in [0.2, 0.25) is 0 Å². The molecule has 100 valence electrons. The lowest BCUT2D eigenvalue weighted by molar-refractivity contribution is 0.00598. The van der Waals surface area contributed by atoms with Gasteiger partial charge in [0.05, 0.1) is 6.04 Å². The van der Waals surface area contributed by atoms with E-state index in [1.54, 1.807) is 0 Å². The fourth-order valence-electron chi connectivity index (χ4n) is 2.06. The van der Waals surface area contributed by atoms with E-state index in [2.05, 4.69) is 10.3 Å². The normalized spacial score (nSPS) is 20.7. The number of ether oxygens (including phenoxy) is 1. The molecule has 1 saturated heterocycles. The summed E-state index contributed by atoms with van der Waals surface area (Å²) >= 11 is 0. The second-order valence-electron chi connectivity index (χ2n) is 5.57. The summed E-state index contributed by atoms with van der Waals surface area (Å²) in [7, 11) is 0. The Hall–Kier alpha value is -1.36. The largest absolute Gasteiger partial charge is 0.455 e. The maximum Gasteiger partial charge on any atom is 0.361 e. The molecule has 0 amide bonds. The predicted molar refractivity (Wildman–Crippen MR) is 66.3 cm³/mol. The molecule has 18 heavy (non-hydrogen) atoms. The van der Waals surface area contributed by atoms with E-state index in [0.29, 0.717) is 11.5 Å². The van der Waals surface area contributed by atoms with Gasteiger partial charge >= 0.3 is 5.97 Å². The van der Waals surface area contributed by atoms with E-state index in [-0.39, 0.29) is 6.04 Å². The Labute approximate surface area is 107 Å². The zero-order chi connectivity index (χ0) is 13.2. The van der Waals surface area contributed by atoms with Crippen LogP contribution in [0.15, 0.2) is 10.8 Å². The van der Waals surface area contributed by atoms with E-state index in [0.717, 1.165) is 25.8 Å². The van der Waals surface area contributed by atoms with Crippen LogP contribution >= 0.6 is 0 Å². The first-order valence-corrected chi connectivity index (χ1v) is 6.37. The van der Waals surface area contributed by atoms with Crippen molar-refractivity contribution in [3.8, 4) is 0 Å². The number of rotatable bonds is 2. The van der Waals surface area contributed by atoms with Crippen molar-refractivity contribution in [1.29, 1.82) is 0 Å². The van der Waals surface area contributed by atoms with Gasteiger partial charge in [-0.25, -0.2) is 9.78 Å².